The number of hydrogen-bond acceptors (Lipinski definition) is 2. The fourth-order valence-corrected chi connectivity index (χ4v) is 1.47. The second-order valence-corrected chi connectivity index (χ2v) is 3.14. The highest BCUT2D eigenvalue weighted by atomic mass is 16.5. The van der Waals surface area contributed by atoms with Crippen LogP contribution in [-0.4, -0.2) is 26.3 Å². The van der Waals surface area contributed by atoms with Crippen molar-refractivity contribution in [3.8, 4) is 0 Å². The van der Waals surface area contributed by atoms with Crippen LogP contribution in [0.25, 0.3) is 0 Å². The highest BCUT2D eigenvalue weighted by molar-refractivity contribution is 4.82. The summed E-state index contributed by atoms with van der Waals surface area (Å²) >= 11 is 0. The van der Waals surface area contributed by atoms with Gasteiger partial charge in [-0.2, -0.15) is 0 Å². The summed E-state index contributed by atoms with van der Waals surface area (Å²) in [6.45, 7) is 5.45. The molecule has 64 valence electrons. The van der Waals surface area contributed by atoms with Crippen LogP contribution in [0.15, 0.2) is 12.7 Å². The van der Waals surface area contributed by atoms with Gasteiger partial charge in [0.1, 0.15) is 0 Å². The van der Waals surface area contributed by atoms with Gasteiger partial charge in [-0.25, -0.2) is 0 Å². The Morgan fingerprint density at radius 1 is 1.64 bits per heavy atom. The predicted molar refractivity (Wildman–Crippen MR) is 46.6 cm³/mol. The topological polar surface area (TPSA) is 21.3 Å². The van der Waals surface area contributed by atoms with Gasteiger partial charge in [-0.05, 0) is 32.4 Å². The molecule has 0 bridgehead atoms. The molecule has 1 N–H and O–H groups in total. The largest absolute Gasteiger partial charge is 0.374 e. The molecule has 2 heteroatoms. The summed E-state index contributed by atoms with van der Waals surface area (Å²) in [5.41, 5.74) is 0. The van der Waals surface area contributed by atoms with Crippen molar-refractivity contribution in [1.82, 2.24) is 5.32 Å². The highest BCUT2D eigenvalue weighted by Crippen LogP contribution is 2.29. The predicted octanol–water partition coefficient (Wildman–Crippen LogP) is 1.19. The Hall–Kier alpha value is -0.340. The molecule has 1 saturated carbocycles. The SMILES string of the molecule is C=CCOC1CC(CNC)C1. The third-order valence-corrected chi connectivity index (χ3v) is 2.14. The minimum atomic E-state index is 0.506. The van der Waals surface area contributed by atoms with Crippen LogP contribution in [0.2, 0.25) is 0 Å². The number of nitrogens with one attached hydrogen (secondary N) is 1. The average Bonchev–Trinajstić information content (AvgIpc) is 1.94. The van der Waals surface area contributed by atoms with Crippen LogP contribution < -0.4 is 5.32 Å². The van der Waals surface area contributed by atoms with E-state index in [2.05, 4.69) is 11.9 Å². The third kappa shape index (κ3) is 2.64. The zero-order valence-electron chi connectivity index (χ0n) is 7.18. The smallest absolute Gasteiger partial charge is 0.0648 e. The first kappa shape index (κ1) is 8.75. The molecule has 0 radical (unpaired) electrons. The van der Waals surface area contributed by atoms with Gasteiger partial charge in [0, 0.05) is 0 Å². The average molecular weight is 155 g/mol. The van der Waals surface area contributed by atoms with E-state index in [-0.39, 0.29) is 0 Å². The lowest BCUT2D eigenvalue weighted by Crippen LogP contribution is -2.36. The van der Waals surface area contributed by atoms with Crippen LogP contribution in [0.3, 0.4) is 0 Å². The van der Waals surface area contributed by atoms with Crippen molar-refractivity contribution in [2.45, 2.75) is 18.9 Å². The minimum Gasteiger partial charge on any atom is -0.374 e. The Kier molecular flexibility index (Phi) is 3.60. The van der Waals surface area contributed by atoms with E-state index in [9.17, 15) is 0 Å². The van der Waals surface area contributed by atoms with Crippen molar-refractivity contribution in [3.05, 3.63) is 12.7 Å². The molecule has 2 nitrogen and oxygen atoms in total. The monoisotopic (exact) mass is 155 g/mol. The highest BCUT2D eigenvalue weighted by Gasteiger charge is 2.28. The zero-order valence-corrected chi connectivity index (χ0v) is 7.18. The first-order chi connectivity index (χ1) is 5.36. The molecule has 1 aliphatic rings. The normalized spacial score (nSPS) is 29.5. The lowest BCUT2D eigenvalue weighted by atomic mass is 9.82. The molecule has 0 aromatic rings. The van der Waals surface area contributed by atoms with E-state index < -0.39 is 0 Å². The summed E-state index contributed by atoms with van der Waals surface area (Å²) in [6, 6.07) is 0. The summed E-state index contributed by atoms with van der Waals surface area (Å²) in [5, 5.41) is 3.17. The summed E-state index contributed by atoms with van der Waals surface area (Å²) in [7, 11) is 2.00. The Morgan fingerprint density at radius 3 is 2.91 bits per heavy atom. The number of hydrogen-bond donors (Lipinski definition) is 1. The Morgan fingerprint density at radius 2 is 2.36 bits per heavy atom. The maximum absolute atomic E-state index is 5.46. The summed E-state index contributed by atoms with van der Waals surface area (Å²) < 4.78 is 5.46. The molecule has 0 aliphatic heterocycles. The van der Waals surface area contributed by atoms with Crippen LogP contribution in [0.1, 0.15) is 12.8 Å². The van der Waals surface area contributed by atoms with Gasteiger partial charge in [-0.15, -0.1) is 6.58 Å². The van der Waals surface area contributed by atoms with Gasteiger partial charge in [0.05, 0.1) is 12.7 Å². The van der Waals surface area contributed by atoms with Crippen molar-refractivity contribution in [2.24, 2.45) is 5.92 Å². The third-order valence-electron chi connectivity index (χ3n) is 2.14. The van der Waals surface area contributed by atoms with E-state index in [0.717, 1.165) is 12.5 Å². The molecule has 0 aromatic heterocycles. The van der Waals surface area contributed by atoms with Gasteiger partial charge >= 0.3 is 0 Å². The number of ether oxygens (including phenoxy) is 1. The molecular formula is C9H17NO. The van der Waals surface area contributed by atoms with E-state index in [0.29, 0.717) is 12.7 Å². The molecule has 1 fully saturated rings. The van der Waals surface area contributed by atoms with Gasteiger partial charge in [0.15, 0.2) is 0 Å². The van der Waals surface area contributed by atoms with E-state index in [1.54, 1.807) is 0 Å². The molecule has 1 aliphatic carbocycles. The molecular weight excluding hydrogens is 138 g/mol. The fraction of sp³-hybridized carbons (Fsp3) is 0.778. The van der Waals surface area contributed by atoms with Crippen molar-refractivity contribution >= 4 is 0 Å². The second kappa shape index (κ2) is 4.52. The Bertz CT molecular complexity index is 119. The van der Waals surface area contributed by atoms with Gasteiger partial charge in [0.2, 0.25) is 0 Å². The molecule has 0 aromatic carbocycles. The second-order valence-electron chi connectivity index (χ2n) is 3.14. The Balaban J connectivity index is 1.95. The molecule has 0 amide bonds. The Labute approximate surface area is 68.6 Å². The minimum absolute atomic E-state index is 0.506. The van der Waals surface area contributed by atoms with E-state index in [1.165, 1.54) is 12.8 Å². The molecule has 0 heterocycles. The van der Waals surface area contributed by atoms with Gasteiger partial charge in [-0.3, -0.25) is 0 Å². The van der Waals surface area contributed by atoms with Crippen molar-refractivity contribution < 1.29 is 4.74 Å². The van der Waals surface area contributed by atoms with Crippen LogP contribution in [0.5, 0.6) is 0 Å². The summed E-state index contributed by atoms with van der Waals surface area (Å²) in [4.78, 5) is 0. The molecule has 0 unspecified atom stereocenters. The zero-order chi connectivity index (χ0) is 8.10. The molecule has 0 saturated heterocycles. The number of rotatable bonds is 5. The van der Waals surface area contributed by atoms with Gasteiger partial charge < -0.3 is 10.1 Å². The van der Waals surface area contributed by atoms with E-state index >= 15 is 0 Å². The molecule has 1 rings (SSSR count). The van der Waals surface area contributed by atoms with Crippen LogP contribution >= 0.6 is 0 Å². The van der Waals surface area contributed by atoms with Crippen molar-refractivity contribution in [1.29, 1.82) is 0 Å². The van der Waals surface area contributed by atoms with Crippen LogP contribution in [-0.2, 0) is 4.74 Å². The lowest BCUT2D eigenvalue weighted by Gasteiger charge is -2.34. The maximum atomic E-state index is 5.46. The van der Waals surface area contributed by atoms with E-state index in [1.807, 2.05) is 13.1 Å². The molecule has 11 heavy (non-hydrogen) atoms. The molecule has 0 spiro atoms. The lowest BCUT2D eigenvalue weighted by molar-refractivity contribution is -0.0160. The first-order valence-electron chi connectivity index (χ1n) is 4.24. The van der Waals surface area contributed by atoms with Crippen LogP contribution in [0, 0.1) is 5.92 Å². The van der Waals surface area contributed by atoms with Gasteiger partial charge in [0.25, 0.3) is 0 Å². The summed E-state index contributed by atoms with van der Waals surface area (Å²) in [5.74, 6) is 0.842. The quantitative estimate of drug-likeness (QED) is 0.602. The standard InChI is InChI=1S/C9H17NO/c1-3-4-11-9-5-8(6-9)7-10-2/h3,8-10H,1,4-7H2,2H3. The summed E-state index contributed by atoms with van der Waals surface area (Å²) in [6.07, 6.45) is 4.75. The van der Waals surface area contributed by atoms with Gasteiger partial charge in [-0.1, -0.05) is 6.08 Å². The first-order valence-corrected chi connectivity index (χ1v) is 4.24. The van der Waals surface area contributed by atoms with E-state index in [4.69, 9.17) is 4.74 Å². The van der Waals surface area contributed by atoms with Crippen LogP contribution in [0.4, 0.5) is 0 Å². The fourth-order valence-electron chi connectivity index (χ4n) is 1.47. The maximum Gasteiger partial charge on any atom is 0.0648 e. The molecule has 0 atom stereocenters. The van der Waals surface area contributed by atoms with Crippen molar-refractivity contribution in [3.63, 3.8) is 0 Å². The van der Waals surface area contributed by atoms with Crippen molar-refractivity contribution in [2.75, 3.05) is 20.2 Å².